The van der Waals surface area contributed by atoms with Crippen LogP contribution in [0.15, 0.2) is 18.5 Å². The minimum absolute atomic E-state index is 0.00771. The summed E-state index contributed by atoms with van der Waals surface area (Å²) in [6, 6.07) is 1.60. The zero-order valence-electron chi connectivity index (χ0n) is 7.67. The van der Waals surface area contributed by atoms with Crippen molar-refractivity contribution in [3.05, 3.63) is 24.0 Å². The van der Waals surface area contributed by atoms with E-state index in [0.29, 0.717) is 12.0 Å². The van der Waals surface area contributed by atoms with Gasteiger partial charge < -0.3 is 5.11 Å². The maximum absolute atomic E-state index is 11.0. The molecule has 0 saturated heterocycles. The number of aliphatic carboxylic acids is 1. The van der Waals surface area contributed by atoms with Gasteiger partial charge in [0.1, 0.15) is 0 Å². The summed E-state index contributed by atoms with van der Waals surface area (Å²) in [5.74, 6) is -0.892. The molecule has 1 heterocycles. The molecule has 0 bridgehead atoms. The number of carboxylic acids is 1. The van der Waals surface area contributed by atoms with Crippen molar-refractivity contribution < 1.29 is 18.3 Å². The van der Waals surface area contributed by atoms with E-state index in [-0.39, 0.29) is 6.42 Å². The second kappa shape index (κ2) is 3.83. The van der Waals surface area contributed by atoms with Crippen LogP contribution in [-0.2, 0) is 21.2 Å². The summed E-state index contributed by atoms with van der Waals surface area (Å²) in [5, 5.41) is 8.42. The third-order valence-electron chi connectivity index (χ3n) is 1.74. The Bertz CT molecular complexity index is 432. The lowest BCUT2D eigenvalue weighted by molar-refractivity contribution is -0.136. The van der Waals surface area contributed by atoms with E-state index >= 15 is 0 Å². The molecule has 1 aromatic rings. The van der Waals surface area contributed by atoms with E-state index in [9.17, 15) is 13.2 Å². The van der Waals surface area contributed by atoms with E-state index in [1.54, 1.807) is 6.07 Å². The average molecular weight is 217 g/mol. The molecule has 0 aliphatic rings. The van der Waals surface area contributed by atoms with Gasteiger partial charge in [-0.3, -0.25) is 8.77 Å². The van der Waals surface area contributed by atoms with Crippen LogP contribution in [0, 0.1) is 0 Å². The number of aromatic nitrogens is 1. The van der Waals surface area contributed by atoms with Gasteiger partial charge in [-0.05, 0) is 18.1 Å². The molecule has 6 heteroatoms. The molecule has 0 spiro atoms. The summed E-state index contributed by atoms with van der Waals surface area (Å²) >= 11 is 0. The van der Waals surface area contributed by atoms with Crippen molar-refractivity contribution in [2.45, 2.75) is 12.8 Å². The Labute approximate surface area is 82.0 Å². The minimum atomic E-state index is -3.25. The molecule has 0 atom stereocenters. The summed E-state index contributed by atoms with van der Waals surface area (Å²) in [7, 11) is -3.25. The molecule has 1 rings (SSSR count). The van der Waals surface area contributed by atoms with E-state index in [2.05, 4.69) is 0 Å². The second-order valence-corrected chi connectivity index (χ2v) is 4.89. The van der Waals surface area contributed by atoms with Crippen LogP contribution in [0.25, 0.3) is 0 Å². The molecule has 0 aliphatic carbocycles. The molecule has 1 N–H and O–H groups in total. The minimum Gasteiger partial charge on any atom is -0.481 e. The predicted molar refractivity (Wildman–Crippen MR) is 50.6 cm³/mol. The normalized spacial score (nSPS) is 11.5. The summed E-state index contributed by atoms with van der Waals surface area (Å²) < 4.78 is 23.1. The number of carbonyl (C=O) groups is 1. The van der Waals surface area contributed by atoms with Crippen LogP contribution in [0.4, 0.5) is 0 Å². The first-order chi connectivity index (χ1) is 6.39. The van der Waals surface area contributed by atoms with Gasteiger partial charge in [0.25, 0.3) is 0 Å². The smallest absolute Gasteiger partial charge is 0.303 e. The summed E-state index contributed by atoms with van der Waals surface area (Å²) in [4.78, 5) is 10.3. The zero-order valence-corrected chi connectivity index (χ0v) is 8.49. The molecule has 14 heavy (non-hydrogen) atoms. The number of nitrogens with zero attached hydrogens (tertiary/aromatic N) is 1. The number of aryl methyl sites for hydroxylation is 1. The maximum atomic E-state index is 11.0. The highest BCUT2D eigenvalue weighted by molar-refractivity contribution is 7.89. The molecular weight excluding hydrogens is 206 g/mol. The molecule has 1 aromatic heterocycles. The second-order valence-electron chi connectivity index (χ2n) is 3.01. The van der Waals surface area contributed by atoms with E-state index in [4.69, 9.17) is 5.11 Å². The van der Waals surface area contributed by atoms with E-state index < -0.39 is 16.0 Å². The number of hydrogen-bond donors (Lipinski definition) is 1. The Morgan fingerprint density at radius 2 is 2.21 bits per heavy atom. The van der Waals surface area contributed by atoms with Gasteiger partial charge in [0.2, 0.25) is 10.0 Å². The first-order valence-electron chi connectivity index (χ1n) is 3.99. The Hall–Kier alpha value is -1.30. The number of hydrogen-bond acceptors (Lipinski definition) is 3. The topological polar surface area (TPSA) is 76.4 Å². The van der Waals surface area contributed by atoms with Crippen LogP contribution in [0.2, 0.25) is 0 Å². The van der Waals surface area contributed by atoms with Crippen molar-refractivity contribution >= 4 is 16.0 Å². The molecule has 0 unspecified atom stereocenters. The van der Waals surface area contributed by atoms with Gasteiger partial charge in [0, 0.05) is 18.8 Å². The Morgan fingerprint density at radius 1 is 1.57 bits per heavy atom. The van der Waals surface area contributed by atoms with E-state index in [1.807, 2.05) is 0 Å². The molecular formula is C8H11NO4S. The quantitative estimate of drug-likeness (QED) is 0.787. The van der Waals surface area contributed by atoms with Crippen LogP contribution in [0.1, 0.15) is 12.0 Å². The zero-order chi connectivity index (χ0) is 10.8. The number of rotatable bonds is 4. The largest absolute Gasteiger partial charge is 0.481 e. The standard InChI is InChI=1S/C8H11NO4S/c1-14(12,13)9-5-4-7(6-9)2-3-8(10)11/h4-6H,2-3H2,1H3,(H,10,11). The van der Waals surface area contributed by atoms with Crippen molar-refractivity contribution in [1.82, 2.24) is 3.97 Å². The predicted octanol–water partition coefficient (Wildman–Crippen LogP) is 0.313. The molecule has 0 radical (unpaired) electrons. The Morgan fingerprint density at radius 3 is 2.64 bits per heavy atom. The molecule has 0 fully saturated rings. The van der Waals surface area contributed by atoms with Crippen molar-refractivity contribution in [1.29, 1.82) is 0 Å². The summed E-state index contributed by atoms with van der Waals surface area (Å²) in [6.07, 6.45) is 4.28. The molecule has 5 nitrogen and oxygen atoms in total. The lowest BCUT2D eigenvalue weighted by Crippen LogP contribution is -2.06. The third kappa shape index (κ3) is 2.88. The van der Waals surface area contributed by atoms with Crippen LogP contribution in [-0.4, -0.2) is 29.7 Å². The molecule has 78 valence electrons. The summed E-state index contributed by atoms with van der Waals surface area (Å²) in [5.41, 5.74) is 0.706. The van der Waals surface area contributed by atoms with Gasteiger partial charge in [-0.25, -0.2) is 8.42 Å². The van der Waals surface area contributed by atoms with Crippen molar-refractivity contribution in [3.8, 4) is 0 Å². The van der Waals surface area contributed by atoms with Crippen molar-refractivity contribution in [2.24, 2.45) is 0 Å². The van der Waals surface area contributed by atoms with Gasteiger partial charge in [-0.15, -0.1) is 0 Å². The molecule has 0 aliphatic heterocycles. The highest BCUT2D eigenvalue weighted by atomic mass is 32.2. The monoisotopic (exact) mass is 217 g/mol. The SMILES string of the molecule is CS(=O)(=O)n1ccc(CCC(=O)O)c1. The lowest BCUT2D eigenvalue weighted by Gasteiger charge is -1.96. The van der Waals surface area contributed by atoms with E-state index in [0.717, 1.165) is 10.2 Å². The Balaban J connectivity index is 2.74. The first kappa shape index (κ1) is 10.8. The van der Waals surface area contributed by atoms with Gasteiger partial charge >= 0.3 is 5.97 Å². The highest BCUT2D eigenvalue weighted by Crippen LogP contribution is 2.06. The van der Waals surface area contributed by atoms with Crippen LogP contribution < -0.4 is 0 Å². The Kier molecular flexibility index (Phi) is 2.95. The van der Waals surface area contributed by atoms with Crippen molar-refractivity contribution in [3.63, 3.8) is 0 Å². The fraction of sp³-hybridized carbons (Fsp3) is 0.375. The van der Waals surface area contributed by atoms with Gasteiger partial charge in [0.05, 0.1) is 6.26 Å². The first-order valence-corrected chi connectivity index (χ1v) is 5.83. The average Bonchev–Trinajstić information content (AvgIpc) is 2.47. The van der Waals surface area contributed by atoms with Gasteiger partial charge in [0.15, 0.2) is 0 Å². The fourth-order valence-corrected chi connectivity index (χ4v) is 1.63. The van der Waals surface area contributed by atoms with Crippen LogP contribution >= 0.6 is 0 Å². The van der Waals surface area contributed by atoms with Gasteiger partial charge in [-0.1, -0.05) is 0 Å². The molecule has 0 saturated carbocycles. The third-order valence-corrected chi connectivity index (χ3v) is 2.73. The highest BCUT2D eigenvalue weighted by Gasteiger charge is 2.06. The van der Waals surface area contributed by atoms with Crippen LogP contribution in [0.3, 0.4) is 0 Å². The van der Waals surface area contributed by atoms with Gasteiger partial charge in [-0.2, -0.15) is 0 Å². The fourth-order valence-electron chi connectivity index (χ4n) is 1.02. The van der Waals surface area contributed by atoms with Crippen molar-refractivity contribution in [2.75, 3.05) is 6.26 Å². The summed E-state index contributed by atoms with van der Waals surface area (Å²) in [6.45, 7) is 0. The number of carboxylic acid groups (broad SMARTS) is 1. The lowest BCUT2D eigenvalue weighted by atomic mass is 10.2. The molecule has 0 amide bonds. The molecule has 0 aromatic carbocycles. The van der Waals surface area contributed by atoms with Crippen LogP contribution in [0.5, 0.6) is 0 Å². The van der Waals surface area contributed by atoms with E-state index in [1.165, 1.54) is 12.4 Å². The maximum Gasteiger partial charge on any atom is 0.303 e.